The highest BCUT2D eigenvalue weighted by molar-refractivity contribution is 6.01. The molecule has 2 aliphatic rings. The fraction of sp³-hybridized carbons (Fsp3) is 0.278. The number of hydrogen-bond donors (Lipinski definition) is 1. The molecule has 1 amide bonds. The van der Waals surface area contributed by atoms with Crippen LogP contribution in [-0.4, -0.2) is 36.7 Å². The van der Waals surface area contributed by atoms with Crippen molar-refractivity contribution in [1.29, 1.82) is 0 Å². The summed E-state index contributed by atoms with van der Waals surface area (Å²) < 4.78 is 50.2. The molecule has 0 saturated heterocycles. The molecule has 4 rings (SSSR count). The lowest BCUT2D eigenvalue weighted by molar-refractivity contribution is -0.144. The topological polar surface area (TPSA) is 50.8 Å². The first kappa shape index (κ1) is 16.6. The summed E-state index contributed by atoms with van der Waals surface area (Å²) in [5, 5.41) is 3.03. The Bertz CT molecular complexity index is 854. The van der Waals surface area contributed by atoms with Gasteiger partial charge in [-0.1, -0.05) is 18.2 Å². The highest BCUT2D eigenvalue weighted by atomic mass is 19.4. The summed E-state index contributed by atoms with van der Waals surface area (Å²) in [7, 11) is 0. The highest BCUT2D eigenvalue weighted by Crippen LogP contribution is 2.38. The van der Waals surface area contributed by atoms with Crippen molar-refractivity contribution in [3.8, 4) is 11.5 Å². The minimum atomic E-state index is -4.52. The minimum Gasteiger partial charge on any atom is -0.486 e. The number of carbonyl (C=O) groups excluding carboxylic acids is 1. The Morgan fingerprint density at radius 2 is 1.81 bits per heavy atom. The van der Waals surface area contributed by atoms with Crippen LogP contribution in [0.15, 0.2) is 42.5 Å². The zero-order valence-corrected chi connectivity index (χ0v) is 13.5. The number of anilines is 1. The molecule has 26 heavy (non-hydrogen) atoms. The number of alkyl halides is 3. The van der Waals surface area contributed by atoms with E-state index in [-0.39, 0.29) is 5.56 Å². The molecule has 0 spiro atoms. The fourth-order valence-corrected chi connectivity index (χ4v) is 3.14. The van der Waals surface area contributed by atoms with Crippen LogP contribution in [0.3, 0.4) is 0 Å². The number of para-hydroxylation sites is 1. The maximum absolute atomic E-state index is 13.1. The zero-order valence-electron chi connectivity index (χ0n) is 13.5. The van der Waals surface area contributed by atoms with Crippen molar-refractivity contribution in [3.05, 3.63) is 53.6 Å². The van der Waals surface area contributed by atoms with Crippen LogP contribution in [0.25, 0.3) is 0 Å². The molecule has 0 bridgehead atoms. The molecule has 0 saturated carbocycles. The number of carbonyl (C=O) groups is 1. The lowest BCUT2D eigenvalue weighted by Gasteiger charge is -2.38. The number of nitrogens with one attached hydrogen (secondary N) is 1. The molecule has 2 aromatic rings. The van der Waals surface area contributed by atoms with E-state index in [9.17, 15) is 18.0 Å². The van der Waals surface area contributed by atoms with Crippen molar-refractivity contribution in [1.82, 2.24) is 4.90 Å². The number of rotatable bonds is 2. The smallest absolute Gasteiger partial charge is 0.406 e. The van der Waals surface area contributed by atoms with Crippen LogP contribution in [0.4, 0.5) is 18.9 Å². The van der Waals surface area contributed by atoms with Gasteiger partial charge in [-0.05, 0) is 29.8 Å². The molecule has 1 atom stereocenters. The van der Waals surface area contributed by atoms with E-state index in [1.54, 1.807) is 36.4 Å². The molecule has 1 unspecified atom stereocenters. The van der Waals surface area contributed by atoms with Gasteiger partial charge in [-0.15, -0.1) is 0 Å². The number of halogens is 3. The van der Waals surface area contributed by atoms with Crippen molar-refractivity contribution in [2.45, 2.75) is 12.3 Å². The largest absolute Gasteiger partial charge is 0.486 e. The minimum absolute atomic E-state index is 0.213. The summed E-state index contributed by atoms with van der Waals surface area (Å²) in [6, 6.07) is 11.4. The molecular formula is C18H15F3N2O3. The normalized spacial score (nSPS) is 19.0. The Morgan fingerprint density at radius 1 is 1.08 bits per heavy atom. The number of fused-ring (bicyclic) bond motifs is 2. The second-order valence-corrected chi connectivity index (χ2v) is 6.04. The van der Waals surface area contributed by atoms with Gasteiger partial charge in [0.2, 0.25) is 0 Å². The van der Waals surface area contributed by atoms with Crippen LogP contribution >= 0.6 is 0 Å². The summed E-state index contributed by atoms with van der Waals surface area (Å²) >= 11 is 0. The Labute approximate surface area is 147 Å². The van der Waals surface area contributed by atoms with Gasteiger partial charge >= 0.3 is 6.18 Å². The van der Waals surface area contributed by atoms with Crippen LogP contribution in [0, 0.1) is 0 Å². The van der Waals surface area contributed by atoms with E-state index in [0.717, 1.165) is 4.90 Å². The van der Waals surface area contributed by atoms with Crippen LogP contribution in [-0.2, 0) is 0 Å². The van der Waals surface area contributed by atoms with E-state index >= 15 is 0 Å². The molecule has 0 fully saturated rings. The maximum Gasteiger partial charge on any atom is 0.406 e. The first-order chi connectivity index (χ1) is 12.4. The number of amides is 1. The molecule has 0 radical (unpaired) electrons. The third-order valence-corrected chi connectivity index (χ3v) is 4.25. The molecule has 1 N–H and O–H groups in total. The van der Waals surface area contributed by atoms with Gasteiger partial charge in [0.25, 0.3) is 5.91 Å². The summed E-state index contributed by atoms with van der Waals surface area (Å²) in [6.07, 6.45) is -5.48. The predicted octanol–water partition coefficient (Wildman–Crippen LogP) is 3.59. The molecule has 136 valence electrons. The summed E-state index contributed by atoms with van der Waals surface area (Å²) in [4.78, 5) is 13.5. The SMILES string of the molecule is O=C1c2ccccc2NC(c2ccc3c(c2)OCCO3)N1CC(F)(F)F. The predicted molar refractivity (Wildman–Crippen MR) is 87.3 cm³/mol. The van der Waals surface area contributed by atoms with Crippen molar-refractivity contribution in [2.24, 2.45) is 0 Å². The quantitative estimate of drug-likeness (QED) is 0.885. The van der Waals surface area contributed by atoms with E-state index < -0.39 is 24.8 Å². The molecule has 0 aromatic heterocycles. The van der Waals surface area contributed by atoms with Crippen LogP contribution in [0.5, 0.6) is 11.5 Å². The first-order valence-electron chi connectivity index (χ1n) is 8.05. The lowest BCUT2D eigenvalue weighted by atomic mass is 10.0. The molecule has 2 aliphatic heterocycles. The first-order valence-corrected chi connectivity index (χ1v) is 8.05. The number of hydrogen-bond acceptors (Lipinski definition) is 4. The van der Waals surface area contributed by atoms with Crippen molar-refractivity contribution in [3.63, 3.8) is 0 Å². The molecule has 2 aromatic carbocycles. The fourth-order valence-electron chi connectivity index (χ4n) is 3.14. The molecule has 2 heterocycles. The van der Waals surface area contributed by atoms with E-state index in [1.165, 1.54) is 6.07 Å². The van der Waals surface area contributed by atoms with Gasteiger partial charge in [-0.25, -0.2) is 0 Å². The second-order valence-electron chi connectivity index (χ2n) is 6.04. The second kappa shape index (κ2) is 6.12. The number of nitrogens with zero attached hydrogens (tertiary/aromatic N) is 1. The third kappa shape index (κ3) is 3.02. The lowest BCUT2D eigenvalue weighted by Crippen LogP contribution is -2.47. The summed E-state index contributed by atoms with van der Waals surface area (Å²) in [6.45, 7) is -0.574. The van der Waals surface area contributed by atoms with E-state index in [1.807, 2.05) is 0 Å². The van der Waals surface area contributed by atoms with E-state index in [0.29, 0.717) is 36.0 Å². The number of benzene rings is 2. The average Bonchev–Trinajstić information content (AvgIpc) is 2.62. The Kier molecular flexibility index (Phi) is 3.90. The zero-order chi connectivity index (χ0) is 18.3. The van der Waals surface area contributed by atoms with Gasteiger partial charge in [0.05, 0.1) is 5.56 Å². The van der Waals surface area contributed by atoms with Crippen molar-refractivity contribution < 1.29 is 27.4 Å². The molecular weight excluding hydrogens is 349 g/mol. The van der Waals surface area contributed by atoms with Crippen LogP contribution in [0.1, 0.15) is 22.1 Å². The van der Waals surface area contributed by atoms with Gasteiger partial charge in [0.1, 0.15) is 25.9 Å². The highest BCUT2D eigenvalue weighted by Gasteiger charge is 2.40. The van der Waals surface area contributed by atoms with Crippen LogP contribution < -0.4 is 14.8 Å². The Hall–Kier alpha value is -2.90. The van der Waals surface area contributed by atoms with E-state index in [4.69, 9.17) is 9.47 Å². The summed E-state index contributed by atoms with van der Waals surface area (Å²) in [5.41, 5.74) is 1.20. The molecule has 5 nitrogen and oxygen atoms in total. The van der Waals surface area contributed by atoms with E-state index in [2.05, 4.69) is 5.32 Å². The van der Waals surface area contributed by atoms with Gasteiger partial charge in [0, 0.05) is 5.69 Å². The summed E-state index contributed by atoms with van der Waals surface area (Å²) in [5.74, 6) is 0.315. The van der Waals surface area contributed by atoms with Gasteiger partial charge in [-0.2, -0.15) is 13.2 Å². The van der Waals surface area contributed by atoms with Crippen molar-refractivity contribution >= 4 is 11.6 Å². The molecule has 0 aliphatic carbocycles. The van der Waals surface area contributed by atoms with Gasteiger partial charge in [0.15, 0.2) is 11.5 Å². The van der Waals surface area contributed by atoms with Gasteiger partial charge < -0.3 is 19.7 Å². The van der Waals surface area contributed by atoms with Crippen molar-refractivity contribution in [2.75, 3.05) is 25.1 Å². The molecule has 8 heteroatoms. The third-order valence-electron chi connectivity index (χ3n) is 4.25. The Balaban J connectivity index is 1.75. The number of ether oxygens (including phenoxy) is 2. The van der Waals surface area contributed by atoms with Gasteiger partial charge in [-0.3, -0.25) is 4.79 Å². The van der Waals surface area contributed by atoms with Crippen LogP contribution in [0.2, 0.25) is 0 Å². The Morgan fingerprint density at radius 3 is 2.58 bits per heavy atom. The maximum atomic E-state index is 13.1. The average molecular weight is 364 g/mol. The standard InChI is InChI=1S/C18H15F3N2O3/c19-18(20,21)10-23-16(22-13-4-2-1-3-12(13)17(23)24)11-5-6-14-15(9-11)26-8-7-25-14/h1-6,9,16,22H,7-8,10H2. The monoisotopic (exact) mass is 364 g/mol.